The highest BCUT2D eigenvalue weighted by molar-refractivity contribution is 5.77. The van der Waals surface area contributed by atoms with Crippen LogP contribution < -0.4 is 14.8 Å². The fraction of sp³-hybridized carbons (Fsp3) is 0.632. The van der Waals surface area contributed by atoms with Crippen LogP contribution in [0.25, 0.3) is 0 Å². The normalized spacial score (nSPS) is 16.5. The average Bonchev–Trinajstić information content (AvgIpc) is 2.62. The first-order valence-electron chi connectivity index (χ1n) is 9.04. The highest BCUT2D eigenvalue weighted by Gasteiger charge is 2.24. The highest BCUT2D eigenvalue weighted by atomic mass is 16.5. The summed E-state index contributed by atoms with van der Waals surface area (Å²) in [5, 5.41) is 2.99. The first kappa shape index (κ1) is 19.5. The Balaban J connectivity index is 1.74. The lowest BCUT2D eigenvalue weighted by atomic mass is 10.0. The van der Waals surface area contributed by atoms with E-state index in [0.717, 1.165) is 32.1 Å². The van der Waals surface area contributed by atoms with Crippen molar-refractivity contribution < 1.29 is 19.0 Å². The summed E-state index contributed by atoms with van der Waals surface area (Å²) < 4.78 is 16.3. The van der Waals surface area contributed by atoms with Crippen molar-refractivity contribution in [2.24, 2.45) is 5.92 Å². The van der Waals surface area contributed by atoms with E-state index in [2.05, 4.69) is 24.1 Å². The van der Waals surface area contributed by atoms with Crippen LogP contribution in [-0.2, 0) is 9.53 Å². The summed E-state index contributed by atoms with van der Waals surface area (Å²) in [6, 6.07) is 7.61. The molecule has 1 saturated heterocycles. The Hall–Kier alpha value is -1.79. The van der Waals surface area contributed by atoms with E-state index < -0.39 is 0 Å². The molecule has 1 aromatic carbocycles. The minimum atomic E-state index is -0.104. The van der Waals surface area contributed by atoms with E-state index in [1.807, 2.05) is 31.2 Å². The molecule has 1 atom stereocenters. The summed E-state index contributed by atoms with van der Waals surface area (Å²) >= 11 is 0. The Morgan fingerprint density at radius 3 is 2.32 bits per heavy atom. The van der Waals surface area contributed by atoms with Crippen molar-refractivity contribution in [2.45, 2.75) is 26.8 Å². The molecule has 6 heteroatoms. The summed E-state index contributed by atoms with van der Waals surface area (Å²) in [6.45, 7) is 10.9. The zero-order chi connectivity index (χ0) is 18.1. The summed E-state index contributed by atoms with van der Waals surface area (Å²) in [5.74, 6) is 1.81. The monoisotopic (exact) mass is 350 g/mol. The molecule has 2 rings (SSSR count). The molecule has 1 N–H and O–H groups in total. The first-order chi connectivity index (χ1) is 12.1. The van der Waals surface area contributed by atoms with E-state index >= 15 is 0 Å². The second-order valence-corrected chi connectivity index (χ2v) is 6.46. The molecule has 0 aromatic heterocycles. The van der Waals surface area contributed by atoms with E-state index in [0.29, 0.717) is 30.9 Å². The fourth-order valence-electron chi connectivity index (χ4n) is 2.91. The number of carbonyl (C=O) groups is 1. The molecular formula is C19H30N2O4. The standard InChI is InChI=1S/C19H30N2O4/c1-4-24-16-5-7-17(8-6-16)25-14-19(22)20-13-18(15(2)3)21-9-11-23-12-10-21/h5-8,15,18H,4,9-14H2,1-3H3,(H,20,22). The number of hydrogen-bond acceptors (Lipinski definition) is 5. The summed E-state index contributed by atoms with van der Waals surface area (Å²) in [6.07, 6.45) is 0. The van der Waals surface area contributed by atoms with Crippen molar-refractivity contribution in [3.8, 4) is 11.5 Å². The summed E-state index contributed by atoms with van der Waals surface area (Å²) in [7, 11) is 0. The molecule has 0 radical (unpaired) electrons. The predicted molar refractivity (Wildman–Crippen MR) is 97.1 cm³/mol. The van der Waals surface area contributed by atoms with Gasteiger partial charge in [0.15, 0.2) is 6.61 Å². The van der Waals surface area contributed by atoms with Gasteiger partial charge >= 0.3 is 0 Å². The van der Waals surface area contributed by atoms with Crippen molar-refractivity contribution in [1.29, 1.82) is 0 Å². The molecule has 0 aliphatic carbocycles. The Bertz CT molecular complexity index is 513. The number of nitrogens with zero attached hydrogens (tertiary/aromatic N) is 1. The number of nitrogens with one attached hydrogen (secondary N) is 1. The maximum atomic E-state index is 12.1. The lowest BCUT2D eigenvalue weighted by Crippen LogP contribution is -2.51. The van der Waals surface area contributed by atoms with Gasteiger partial charge in [0, 0.05) is 25.7 Å². The van der Waals surface area contributed by atoms with Crippen LogP contribution in [0.1, 0.15) is 20.8 Å². The molecule has 1 aliphatic heterocycles. The molecule has 1 aromatic rings. The van der Waals surface area contributed by atoms with E-state index in [1.54, 1.807) is 0 Å². The Morgan fingerprint density at radius 1 is 1.16 bits per heavy atom. The number of benzene rings is 1. The van der Waals surface area contributed by atoms with Gasteiger partial charge in [0.1, 0.15) is 11.5 Å². The minimum absolute atomic E-state index is 0.0158. The third-order valence-electron chi connectivity index (χ3n) is 4.30. The molecular weight excluding hydrogens is 320 g/mol. The van der Waals surface area contributed by atoms with Crippen LogP contribution in [0, 0.1) is 5.92 Å². The van der Waals surface area contributed by atoms with Gasteiger partial charge in [-0.1, -0.05) is 13.8 Å². The zero-order valence-corrected chi connectivity index (χ0v) is 15.5. The number of rotatable bonds is 9. The lowest BCUT2D eigenvalue weighted by molar-refractivity contribution is -0.123. The summed E-state index contributed by atoms with van der Waals surface area (Å²) in [4.78, 5) is 14.5. The second-order valence-electron chi connectivity index (χ2n) is 6.46. The maximum Gasteiger partial charge on any atom is 0.257 e. The quantitative estimate of drug-likeness (QED) is 0.737. The van der Waals surface area contributed by atoms with Crippen LogP contribution >= 0.6 is 0 Å². The molecule has 25 heavy (non-hydrogen) atoms. The Kier molecular flexibility index (Phi) is 8.01. The molecule has 1 unspecified atom stereocenters. The number of carbonyl (C=O) groups excluding carboxylic acids is 1. The van der Waals surface area contributed by atoms with Crippen molar-refractivity contribution in [3.05, 3.63) is 24.3 Å². The smallest absolute Gasteiger partial charge is 0.257 e. The van der Waals surface area contributed by atoms with E-state index in [1.165, 1.54) is 0 Å². The highest BCUT2D eigenvalue weighted by Crippen LogP contribution is 2.17. The third-order valence-corrected chi connectivity index (χ3v) is 4.30. The van der Waals surface area contributed by atoms with E-state index in [4.69, 9.17) is 14.2 Å². The molecule has 0 bridgehead atoms. The number of hydrogen-bond donors (Lipinski definition) is 1. The van der Waals surface area contributed by atoms with E-state index in [-0.39, 0.29) is 12.5 Å². The van der Waals surface area contributed by atoms with Crippen LogP contribution in [-0.4, -0.2) is 62.9 Å². The molecule has 6 nitrogen and oxygen atoms in total. The molecule has 1 heterocycles. The topological polar surface area (TPSA) is 60.0 Å². The number of amides is 1. The largest absolute Gasteiger partial charge is 0.494 e. The molecule has 140 valence electrons. The molecule has 1 aliphatic rings. The minimum Gasteiger partial charge on any atom is -0.494 e. The SMILES string of the molecule is CCOc1ccc(OCC(=O)NCC(C(C)C)N2CCOCC2)cc1. The van der Waals surface area contributed by atoms with Gasteiger partial charge in [0.25, 0.3) is 5.91 Å². The molecule has 0 saturated carbocycles. The van der Waals surface area contributed by atoms with Gasteiger partial charge in [-0.15, -0.1) is 0 Å². The van der Waals surface area contributed by atoms with Crippen molar-refractivity contribution in [3.63, 3.8) is 0 Å². The third kappa shape index (κ3) is 6.55. The number of ether oxygens (including phenoxy) is 3. The van der Waals surface area contributed by atoms with E-state index in [9.17, 15) is 4.79 Å². The van der Waals surface area contributed by atoms with Gasteiger partial charge < -0.3 is 19.5 Å². The van der Waals surface area contributed by atoms with Gasteiger partial charge in [-0.25, -0.2) is 0 Å². The lowest BCUT2D eigenvalue weighted by Gasteiger charge is -2.36. The van der Waals surface area contributed by atoms with Gasteiger partial charge in [-0.05, 0) is 37.1 Å². The van der Waals surface area contributed by atoms with Crippen LogP contribution in [0.3, 0.4) is 0 Å². The van der Waals surface area contributed by atoms with Gasteiger partial charge in [0.05, 0.1) is 19.8 Å². The van der Waals surface area contributed by atoms with Crippen molar-refractivity contribution >= 4 is 5.91 Å². The van der Waals surface area contributed by atoms with Crippen molar-refractivity contribution in [2.75, 3.05) is 46.1 Å². The van der Waals surface area contributed by atoms with Crippen LogP contribution in [0.5, 0.6) is 11.5 Å². The van der Waals surface area contributed by atoms with Gasteiger partial charge in [-0.3, -0.25) is 9.69 Å². The molecule has 1 fully saturated rings. The van der Waals surface area contributed by atoms with Gasteiger partial charge in [0.2, 0.25) is 0 Å². The van der Waals surface area contributed by atoms with Gasteiger partial charge in [-0.2, -0.15) is 0 Å². The maximum absolute atomic E-state index is 12.1. The zero-order valence-electron chi connectivity index (χ0n) is 15.5. The molecule has 1 amide bonds. The average molecular weight is 350 g/mol. The first-order valence-corrected chi connectivity index (χ1v) is 9.04. The van der Waals surface area contributed by atoms with Crippen LogP contribution in [0.15, 0.2) is 24.3 Å². The number of morpholine rings is 1. The van der Waals surface area contributed by atoms with Crippen LogP contribution in [0.2, 0.25) is 0 Å². The second kappa shape index (κ2) is 10.3. The Morgan fingerprint density at radius 2 is 1.76 bits per heavy atom. The van der Waals surface area contributed by atoms with Crippen molar-refractivity contribution in [1.82, 2.24) is 10.2 Å². The molecule has 0 spiro atoms. The summed E-state index contributed by atoms with van der Waals surface area (Å²) in [5.41, 5.74) is 0. The van der Waals surface area contributed by atoms with Crippen LogP contribution in [0.4, 0.5) is 0 Å². The predicted octanol–water partition coefficient (Wildman–Crippen LogP) is 1.94. The fourth-order valence-corrected chi connectivity index (χ4v) is 2.91. The Labute approximate surface area is 150 Å².